The molecule has 6 nitrogen and oxygen atoms in total. The van der Waals surface area contributed by atoms with E-state index >= 15 is 0 Å². The van der Waals surface area contributed by atoms with Crippen LogP contribution in [0.5, 0.6) is 5.75 Å². The van der Waals surface area contributed by atoms with E-state index in [1.807, 2.05) is 18.2 Å². The average Bonchev–Trinajstić information content (AvgIpc) is 3.33. The fourth-order valence-corrected chi connectivity index (χ4v) is 2.28. The van der Waals surface area contributed by atoms with E-state index in [1.165, 1.54) is 0 Å². The molecule has 0 aliphatic rings. The van der Waals surface area contributed by atoms with Crippen LogP contribution in [0.4, 0.5) is 0 Å². The van der Waals surface area contributed by atoms with Gasteiger partial charge in [-0.25, -0.2) is 0 Å². The molecule has 0 N–H and O–H groups in total. The minimum absolute atomic E-state index is 0.118. The summed E-state index contributed by atoms with van der Waals surface area (Å²) in [4.78, 5) is 14.2. The topological polar surface area (TPSA) is 79.6 Å². The number of hydrogen-bond acceptors (Lipinski definition) is 5. The maximum absolute atomic E-state index is 12.6. The molecule has 0 saturated heterocycles. The van der Waals surface area contributed by atoms with E-state index < -0.39 is 0 Å². The van der Waals surface area contributed by atoms with Crippen LogP contribution >= 0.6 is 0 Å². The smallest absolute Gasteiger partial charge is 0.261 e. The molecule has 1 aromatic carbocycles. The fraction of sp³-hybridized carbons (Fsp3) is 0.158. The van der Waals surface area contributed by atoms with E-state index in [9.17, 15) is 4.79 Å². The Morgan fingerprint density at radius 1 is 1.00 bits per heavy atom. The number of carbonyl (C=O) groups excluding carboxylic acids is 1. The zero-order valence-corrected chi connectivity index (χ0v) is 13.4. The maximum atomic E-state index is 12.6. The van der Waals surface area contributed by atoms with E-state index in [0.717, 1.165) is 0 Å². The van der Waals surface area contributed by atoms with Crippen molar-refractivity contribution in [1.82, 2.24) is 4.90 Å². The Morgan fingerprint density at radius 2 is 1.60 bits per heavy atom. The number of ether oxygens (including phenoxy) is 1. The molecule has 3 rings (SSSR count). The lowest BCUT2D eigenvalue weighted by Gasteiger charge is -2.20. The summed E-state index contributed by atoms with van der Waals surface area (Å²) < 4.78 is 16.2. The van der Waals surface area contributed by atoms with Crippen molar-refractivity contribution >= 4 is 5.91 Å². The maximum Gasteiger partial charge on any atom is 0.261 e. The molecule has 6 heteroatoms. The molecule has 0 aliphatic heterocycles. The largest absolute Gasteiger partial charge is 0.484 e. The van der Waals surface area contributed by atoms with Crippen LogP contribution in [0.15, 0.2) is 69.9 Å². The van der Waals surface area contributed by atoms with Crippen LogP contribution in [-0.2, 0) is 17.9 Å². The summed E-state index contributed by atoms with van der Waals surface area (Å²) in [5.41, 5.74) is 0.538. The quantitative estimate of drug-likeness (QED) is 0.661. The fourth-order valence-electron chi connectivity index (χ4n) is 2.28. The first-order valence-corrected chi connectivity index (χ1v) is 7.70. The third kappa shape index (κ3) is 4.52. The van der Waals surface area contributed by atoms with Crippen molar-refractivity contribution in [3.63, 3.8) is 0 Å². The van der Waals surface area contributed by atoms with Gasteiger partial charge in [0.2, 0.25) is 0 Å². The van der Waals surface area contributed by atoms with E-state index in [1.54, 1.807) is 53.8 Å². The molecule has 25 heavy (non-hydrogen) atoms. The zero-order valence-electron chi connectivity index (χ0n) is 13.4. The van der Waals surface area contributed by atoms with Gasteiger partial charge < -0.3 is 18.5 Å². The van der Waals surface area contributed by atoms with Gasteiger partial charge in [-0.1, -0.05) is 0 Å². The highest BCUT2D eigenvalue weighted by Gasteiger charge is 2.18. The summed E-state index contributed by atoms with van der Waals surface area (Å²) in [5, 5.41) is 8.79. The Labute approximate surface area is 144 Å². The van der Waals surface area contributed by atoms with Crippen molar-refractivity contribution in [2.24, 2.45) is 0 Å². The second-order valence-electron chi connectivity index (χ2n) is 5.33. The van der Waals surface area contributed by atoms with E-state index in [4.69, 9.17) is 18.8 Å². The van der Waals surface area contributed by atoms with Gasteiger partial charge in [0, 0.05) is 0 Å². The van der Waals surface area contributed by atoms with Gasteiger partial charge in [-0.15, -0.1) is 0 Å². The molecule has 0 fully saturated rings. The number of amides is 1. The highest BCUT2D eigenvalue weighted by atomic mass is 16.5. The second kappa shape index (κ2) is 7.88. The predicted molar refractivity (Wildman–Crippen MR) is 88.3 cm³/mol. The minimum atomic E-state index is -0.197. The van der Waals surface area contributed by atoms with Crippen LogP contribution < -0.4 is 4.74 Å². The summed E-state index contributed by atoms with van der Waals surface area (Å²) >= 11 is 0. The number of hydrogen-bond donors (Lipinski definition) is 0. The number of carbonyl (C=O) groups is 1. The molecule has 0 aliphatic carbocycles. The van der Waals surface area contributed by atoms with Crippen molar-refractivity contribution in [3.05, 3.63) is 78.1 Å². The molecular weight excluding hydrogens is 320 g/mol. The van der Waals surface area contributed by atoms with Gasteiger partial charge in [0.15, 0.2) is 6.61 Å². The molecule has 0 spiro atoms. The van der Waals surface area contributed by atoms with Crippen LogP contribution in [0.1, 0.15) is 17.1 Å². The first-order valence-electron chi connectivity index (χ1n) is 7.70. The van der Waals surface area contributed by atoms with E-state index in [2.05, 4.69) is 0 Å². The number of nitriles is 1. The molecule has 126 valence electrons. The van der Waals surface area contributed by atoms with Crippen molar-refractivity contribution < 1.29 is 18.4 Å². The highest BCUT2D eigenvalue weighted by molar-refractivity contribution is 5.77. The predicted octanol–water partition coefficient (Wildman–Crippen LogP) is 3.35. The standard InChI is InChI=1S/C19H16N2O4/c20-11-15-5-7-16(8-6-15)25-14-19(22)21(12-17-3-1-9-23-17)13-18-4-2-10-24-18/h1-10H,12-14H2. The van der Waals surface area contributed by atoms with Crippen molar-refractivity contribution in [3.8, 4) is 11.8 Å². The monoisotopic (exact) mass is 336 g/mol. The van der Waals surface area contributed by atoms with Crippen LogP contribution in [0, 0.1) is 11.3 Å². The normalized spacial score (nSPS) is 10.2. The Balaban J connectivity index is 1.64. The number of furan rings is 2. The Kier molecular flexibility index (Phi) is 5.17. The first kappa shape index (κ1) is 16.4. The third-order valence-electron chi connectivity index (χ3n) is 3.55. The summed E-state index contributed by atoms with van der Waals surface area (Å²) in [5.74, 6) is 1.69. The minimum Gasteiger partial charge on any atom is -0.484 e. The molecule has 0 saturated carbocycles. The average molecular weight is 336 g/mol. The molecule has 0 atom stereocenters. The molecule has 2 heterocycles. The summed E-state index contributed by atoms with van der Waals surface area (Å²) in [6, 6.07) is 15.8. The number of nitrogens with zero attached hydrogens (tertiary/aromatic N) is 2. The van der Waals surface area contributed by atoms with Crippen LogP contribution in [0.25, 0.3) is 0 Å². The Bertz CT molecular complexity index is 794. The number of benzene rings is 1. The molecular formula is C19H16N2O4. The molecule has 0 unspecified atom stereocenters. The lowest BCUT2D eigenvalue weighted by molar-refractivity contribution is -0.135. The first-order chi connectivity index (χ1) is 12.2. The van der Waals surface area contributed by atoms with Crippen molar-refractivity contribution in [1.29, 1.82) is 5.26 Å². The van der Waals surface area contributed by atoms with Gasteiger partial charge in [-0.2, -0.15) is 5.26 Å². The van der Waals surface area contributed by atoms with Crippen LogP contribution in [0.2, 0.25) is 0 Å². The summed E-state index contributed by atoms with van der Waals surface area (Å²) in [6.07, 6.45) is 3.14. The molecule has 1 amide bonds. The van der Waals surface area contributed by atoms with Crippen molar-refractivity contribution in [2.45, 2.75) is 13.1 Å². The Hall–Kier alpha value is -3.46. The van der Waals surface area contributed by atoms with Gasteiger partial charge in [-0.3, -0.25) is 4.79 Å². The molecule has 3 aromatic rings. The van der Waals surface area contributed by atoms with Crippen molar-refractivity contribution in [2.75, 3.05) is 6.61 Å². The Morgan fingerprint density at radius 3 is 2.08 bits per heavy atom. The van der Waals surface area contributed by atoms with Gasteiger partial charge in [0.25, 0.3) is 5.91 Å². The second-order valence-corrected chi connectivity index (χ2v) is 5.33. The zero-order chi connectivity index (χ0) is 17.5. The van der Waals surface area contributed by atoms with Gasteiger partial charge in [0.1, 0.15) is 17.3 Å². The van der Waals surface area contributed by atoms with E-state index in [0.29, 0.717) is 35.9 Å². The summed E-state index contributed by atoms with van der Waals surface area (Å²) in [6.45, 7) is 0.528. The lowest BCUT2D eigenvalue weighted by Crippen LogP contribution is -2.33. The lowest BCUT2D eigenvalue weighted by atomic mass is 10.2. The third-order valence-corrected chi connectivity index (χ3v) is 3.55. The molecule has 0 bridgehead atoms. The van der Waals surface area contributed by atoms with Crippen LogP contribution in [-0.4, -0.2) is 17.4 Å². The highest BCUT2D eigenvalue weighted by Crippen LogP contribution is 2.14. The van der Waals surface area contributed by atoms with Crippen LogP contribution in [0.3, 0.4) is 0 Å². The van der Waals surface area contributed by atoms with E-state index in [-0.39, 0.29) is 12.5 Å². The molecule has 2 aromatic heterocycles. The van der Waals surface area contributed by atoms with Gasteiger partial charge in [-0.05, 0) is 48.5 Å². The SMILES string of the molecule is N#Cc1ccc(OCC(=O)N(Cc2ccco2)Cc2ccco2)cc1. The van der Waals surface area contributed by atoms with Gasteiger partial charge in [0.05, 0.1) is 37.2 Å². The number of rotatable bonds is 7. The molecule has 0 radical (unpaired) electrons. The summed E-state index contributed by atoms with van der Waals surface area (Å²) in [7, 11) is 0. The van der Waals surface area contributed by atoms with Gasteiger partial charge >= 0.3 is 0 Å².